The second-order valence-corrected chi connectivity index (χ2v) is 7.07. The molecule has 0 aliphatic carbocycles. The smallest absolute Gasteiger partial charge is 0.191 e. The van der Waals surface area contributed by atoms with Gasteiger partial charge in [-0.05, 0) is 44.4 Å². The molecule has 144 valence electrons. The lowest BCUT2D eigenvalue weighted by Crippen LogP contribution is -2.38. The average Bonchev–Trinajstić information content (AvgIpc) is 2.96. The Balaban J connectivity index is 0.00000338. The Kier molecular flexibility index (Phi) is 10.7. The molecule has 0 amide bonds. The van der Waals surface area contributed by atoms with Gasteiger partial charge in [0.1, 0.15) is 5.82 Å². The number of thiazole rings is 1. The van der Waals surface area contributed by atoms with Crippen molar-refractivity contribution in [1.29, 1.82) is 0 Å². The zero-order chi connectivity index (χ0) is 18.1. The van der Waals surface area contributed by atoms with Gasteiger partial charge in [-0.1, -0.05) is 19.1 Å². The minimum Gasteiger partial charge on any atom is -0.357 e. The number of hydrogen-bond acceptors (Lipinski definition) is 3. The topological polar surface area (TPSA) is 49.3 Å². The number of halogens is 2. The number of aliphatic imine (C=N–C) groups is 1. The quantitative estimate of drug-likeness (QED) is 0.333. The molecule has 4 nitrogen and oxygen atoms in total. The molecule has 0 fully saturated rings. The van der Waals surface area contributed by atoms with E-state index in [1.807, 2.05) is 12.1 Å². The van der Waals surface area contributed by atoms with Gasteiger partial charge in [-0.3, -0.25) is 4.99 Å². The van der Waals surface area contributed by atoms with Gasteiger partial charge in [0.2, 0.25) is 0 Å². The number of guanidine groups is 1. The average molecular weight is 490 g/mol. The molecule has 7 heteroatoms. The van der Waals surface area contributed by atoms with Gasteiger partial charge in [-0.25, -0.2) is 9.37 Å². The molecule has 2 rings (SSSR count). The molecule has 1 aromatic heterocycles. The molecule has 0 saturated heterocycles. The summed E-state index contributed by atoms with van der Waals surface area (Å²) in [6, 6.07) is 6.62. The van der Waals surface area contributed by atoms with Crippen LogP contribution in [0.15, 0.2) is 29.3 Å². The van der Waals surface area contributed by atoms with Crippen molar-refractivity contribution in [3.63, 3.8) is 0 Å². The SMILES string of the molecule is CCNC(=NCCc1nc(CC)c(C)s1)NCCc1ccc(F)cc1.I. The van der Waals surface area contributed by atoms with Crippen LogP contribution in [-0.4, -0.2) is 30.6 Å². The van der Waals surface area contributed by atoms with Crippen LogP contribution < -0.4 is 10.6 Å². The van der Waals surface area contributed by atoms with Crippen LogP contribution >= 0.6 is 35.3 Å². The van der Waals surface area contributed by atoms with Gasteiger partial charge in [0.15, 0.2) is 5.96 Å². The molecule has 0 atom stereocenters. The lowest BCUT2D eigenvalue weighted by molar-refractivity contribution is 0.626. The van der Waals surface area contributed by atoms with E-state index in [2.05, 4.69) is 41.4 Å². The predicted molar refractivity (Wildman–Crippen MR) is 119 cm³/mol. The van der Waals surface area contributed by atoms with E-state index in [1.54, 1.807) is 11.3 Å². The van der Waals surface area contributed by atoms with Crippen molar-refractivity contribution in [1.82, 2.24) is 15.6 Å². The third-order valence-electron chi connectivity index (χ3n) is 3.83. The fourth-order valence-electron chi connectivity index (χ4n) is 2.50. The Morgan fingerprint density at radius 3 is 2.50 bits per heavy atom. The predicted octanol–water partition coefficient (Wildman–Crippen LogP) is 4.11. The zero-order valence-corrected chi connectivity index (χ0v) is 18.8. The summed E-state index contributed by atoms with van der Waals surface area (Å²) in [6.07, 6.45) is 2.68. The van der Waals surface area contributed by atoms with Crippen LogP contribution in [0, 0.1) is 12.7 Å². The van der Waals surface area contributed by atoms with Crippen LogP contribution in [0.3, 0.4) is 0 Å². The Hall–Kier alpha value is -1.22. The monoisotopic (exact) mass is 490 g/mol. The summed E-state index contributed by atoms with van der Waals surface area (Å²) < 4.78 is 12.9. The zero-order valence-electron chi connectivity index (χ0n) is 15.6. The van der Waals surface area contributed by atoms with Crippen molar-refractivity contribution in [3.05, 3.63) is 51.2 Å². The van der Waals surface area contributed by atoms with Crippen molar-refractivity contribution in [2.24, 2.45) is 4.99 Å². The van der Waals surface area contributed by atoms with Crippen molar-refractivity contribution in [3.8, 4) is 0 Å². The Bertz CT molecular complexity index is 685. The maximum Gasteiger partial charge on any atom is 0.191 e. The molecular formula is C19H28FIN4S. The molecular weight excluding hydrogens is 462 g/mol. The summed E-state index contributed by atoms with van der Waals surface area (Å²) in [7, 11) is 0. The maximum absolute atomic E-state index is 12.9. The van der Waals surface area contributed by atoms with Gasteiger partial charge in [0, 0.05) is 30.9 Å². The number of benzene rings is 1. The van der Waals surface area contributed by atoms with Gasteiger partial charge in [0.05, 0.1) is 10.7 Å². The minimum absolute atomic E-state index is 0. The minimum atomic E-state index is -0.199. The first-order valence-corrected chi connectivity index (χ1v) is 9.65. The summed E-state index contributed by atoms with van der Waals surface area (Å²) in [5, 5.41) is 7.73. The van der Waals surface area contributed by atoms with Gasteiger partial charge in [0.25, 0.3) is 0 Å². The lowest BCUT2D eigenvalue weighted by Gasteiger charge is -2.11. The molecule has 0 unspecified atom stereocenters. The number of rotatable bonds is 8. The van der Waals surface area contributed by atoms with Gasteiger partial charge < -0.3 is 10.6 Å². The number of aromatic nitrogens is 1. The van der Waals surface area contributed by atoms with E-state index in [-0.39, 0.29) is 29.8 Å². The van der Waals surface area contributed by atoms with Crippen molar-refractivity contribution >= 4 is 41.3 Å². The van der Waals surface area contributed by atoms with E-state index >= 15 is 0 Å². The first-order valence-electron chi connectivity index (χ1n) is 8.84. The van der Waals surface area contributed by atoms with Gasteiger partial charge >= 0.3 is 0 Å². The molecule has 1 aromatic carbocycles. The number of aryl methyl sites for hydroxylation is 2. The Morgan fingerprint density at radius 1 is 1.15 bits per heavy atom. The first-order chi connectivity index (χ1) is 12.1. The second kappa shape index (κ2) is 12.2. The molecule has 0 saturated carbocycles. The molecule has 2 aromatic rings. The molecule has 2 N–H and O–H groups in total. The molecule has 0 aliphatic heterocycles. The van der Waals surface area contributed by atoms with E-state index in [0.29, 0.717) is 6.54 Å². The van der Waals surface area contributed by atoms with E-state index in [1.165, 1.54) is 22.7 Å². The normalized spacial score (nSPS) is 11.2. The van der Waals surface area contributed by atoms with E-state index in [4.69, 9.17) is 0 Å². The summed E-state index contributed by atoms with van der Waals surface area (Å²) >= 11 is 1.77. The summed E-state index contributed by atoms with van der Waals surface area (Å²) in [5.41, 5.74) is 2.31. The number of hydrogen-bond donors (Lipinski definition) is 2. The lowest BCUT2D eigenvalue weighted by atomic mass is 10.1. The third kappa shape index (κ3) is 7.57. The molecule has 0 spiro atoms. The molecule has 26 heavy (non-hydrogen) atoms. The third-order valence-corrected chi connectivity index (χ3v) is 4.90. The first kappa shape index (κ1) is 22.8. The molecule has 0 radical (unpaired) electrons. The molecule has 0 bridgehead atoms. The number of nitrogens with zero attached hydrogens (tertiary/aromatic N) is 2. The van der Waals surface area contributed by atoms with E-state index in [9.17, 15) is 4.39 Å². The van der Waals surface area contributed by atoms with Crippen LogP contribution in [-0.2, 0) is 19.3 Å². The second-order valence-electron chi connectivity index (χ2n) is 5.78. The van der Waals surface area contributed by atoms with Crippen molar-refractivity contribution in [2.75, 3.05) is 19.6 Å². The maximum atomic E-state index is 12.9. The van der Waals surface area contributed by atoms with E-state index in [0.717, 1.165) is 48.9 Å². The van der Waals surface area contributed by atoms with E-state index < -0.39 is 0 Å². The van der Waals surface area contributed by atoms with Crippen LogP contribution in [0.2, 0.25) is 0 Å². The highest BCUT2D eigenvalue weighted by molar-refractivity contribution is 14.0. The van der Waals surface area contributed by atoms with Crippen LogP contribution in [0.5, 0.6) is 0 Å². The summed E-state index contributed by atoms with van der Waals surface area (Å²) in [6.45, 7) is 8.60. The largest absolute Gasteiger partial charge is 0.357 e. The van der Waals surface area contributed by atoms with Crippen LogP contribution in [0.25, 0.3) is 0 Å². The summed E-state index contributed by atoms with van der Waals surface area (Å²) in [5.74, 6) is 0.615. The standard InChI is InChI=1S/C19H27FN4S.HI/c1-4-17-14(3)25-18(24-17)11-13-23-19(21-5-2)22-12-10-15-6-8-16(20)9-7-15;/h6-9H,4-5,10-13H2,1-3H3,(H2,21,22,23);1H. The highest BCUT2D eigenvalue weighted by Crippen LogP contribution is 2.18. The fraction of sp³-hybridized carbons (Fsp3) is 0.474. The summed E-state index contributed by atoms with van der Waals surface area (Å²) in [4.78, 5) is 10.6. The van der Waals surface area contributed by atoms with Crippen LogP contribution in [0.4, 0.5) is 4.39 Å². The van der Waals surface area contributed by atoms with Gasteiger partial charge in [-0.15, -0.1) is 35.3 Å². The van der Waals surface area contributed by atoms with Gasteiger partial charge in [-0.2, -0.15) is 0 Å². The van der Waals surface area contributed by atoms with Crippen molar-refractivity contribution < 1.29 is 4.39 Å². The van der Waals surface area contributed by atoms with Crippen molar-refractivity contribution in [2.45, 2.75) is 40.0 Å². The Morgan fingerprint density at radius 2 is 1.88 bits per heavy atom. The highest BCUT2D eigenvalue weighted by Gasteiger charge is 2.05. The Labute approximate surface area is 176 Å². The number of nitrogens with one attached hydrogen (secondary N) is 2. The van der Waals surface area contributed by atoms with Crippen LogP contribution in [0.1, 0.15) is 35.0 Å². The highest BCUT2D eigenvalue weighted by atomic mass is 127. The molecule has 0 aliphatic rings. The molecule has 1 heterocycles. The fourth-order valence-corrected chi connectivity index (χ4v) is 3.51.